The van der Waals surface area contributed by atoms with Crippen LogP contribution in [0.15, 0.2) is 72.9 Å². The van der Waals surface area contributed by atoms with Crippen LogP contribution in [0.4, 0.5) is 0 Å². The molecule has 5 aromatic rings. The van der Waals surface area contributed by atoms with Crippen LogP contribution in [-0.4, -0.2) is 25.0 Å². The molecule has 3 aromatic carbocycles. The van der Waals surface area contributed by atoms with Crippen molar-refractivity contribution in [3.8, 4) is 17.1 Å². The largest absolute Gasteiger partial charge is 0.487 e. The number of aryl methyl sites for hydroxylation is 2. The quantitative estimate of drug-likeness (QED) is 0.425. The molecule has 1 N–H and O–H groups in total. The first-order valence-corrected chi connectivity index (χ1v) is 10.3. The highest BCUT2D eigenvalue weighted by Crippen LogP contribution is 2.23. The van der Waals surface area contributed by atoms with Gasteiger partial charge >= 0.3 is 0 Å². The van der Waals surface area contributed by atoms with Crippen LogP contribution < -0.4 is 4.74 Å². The van der Waals surface area contributed by atoms with Gasteiger partial charge in [0.25, 0.3) is 0 Å². The fraction of sp³-hybridized carbons (Fsp3) is 0.160. The number of fused-ring (bicyclic) bond motifs is 1. The number of aromatic nitrogens is 5. The molecule has 0 aliphatic rings. The Morgan fingerprint density at radius 3 is 2.58 bits per heavy atom. The Bertz CT molecular complexity index is 1300. The van der Waals surface area contributed by atoms with E-state index in [1.54, 1.807) is 0 Å². The molecule has 2 aromatic heterocycles. The summed E-state index contributed by atoms with van der Waals surface area (Å²) in [6, 6.07) is 22.4. The number of H-pyrrole nitrogens is 1. The minimum atomic E-state index is 0.372. The van der Waals surface area contributed by atoms with Crippen LogP contribution in [0.3, 0.4) is 0 Å². The SMILES string of the molecule is Cc1ccc(Cn2cc(COc3ccc(-c4nc5ccccc5[nH]4)cc3)nn2)cc1C. The van der Waals surface area contributed by atoms with E-state index in [0.717, 1.165) is 33.9 Å². The van der Waals surface area contributed by atoms with Gasteiger partial charge in [-0.15, -0.1) is 5.10 Å². The number of para-hydroxylation sites is 2. The van der Waals surface area contributed by atoms with E-state index in [-0.39, 0.29) is 0 Å². The Morgan fingerprint density at radius 1 is 0.935 bits per heavy atom. The predicted octanol–water partition coefficient (Wildman–Crippen LogP) is 5.07. The summed E-state index contributed by atoms with van der Waals surface area (Å²) in [5, 5.41) is 8.45. The fourth-order valence-electron chi connectivity index (χ4n) is 3.53. The lowest BCUT2D eigenvalue weighted by molar-refractivity contribution is 0.301. The van der Waals surface area contributed by atoms with Crippen LogP contribution in [0.1, 0.15) is 22.4 Å². The van der Waals surface area contributed by atoms with Crippen molar-refractivity contribution in [1.82, 2.24) is 25.0 Å². The van der Waals surface area contributed by atoms with E-state index >= 15 is 0 Å². The predicted molar refractivity (Wildman–Crippen MR) is 121 cm³/mol. The van der Waals surface area contributed by atoms with Crippen LogP contribution in [0, 0.1) is 13.8 Å². The Labute approximate surface area is 180 Å². The van der Waals surface area contributed by atoms with E-state index in [4.69, 9.17) is 4.74 Å². The van der Waals surface area contributed by atoms with E-state index in [1.807, 2.05) is 59.4 Å². The van der Waals surface area contributed by atoms with Gasteiger partial charge in [0.2, 0.25) is 0 Å². The van der Waals surface area contributed by atoms with Crippen molar-refractivity contribution in [1.29, 1.82) is 0 Å². The molecule has 0 fully saturated rings. The maximum Gasteiger partial charge on any atom is 0.138 e. The molecule has 0 atom stereocenters. The summed E-state index contributed by atoms with van der Waals surface area (Å²) in [6.45, 7) is 5.31. The molecule has 0 bridgehead atoms. The van der Waals surface area contributed by atoms with Gasteiger partial charge in [-0.2, -0.15) is 0 Å². The number of hydrogen-bond donors (Lipinski definition) is 1. The Morgan fingerprint density at radius 2 is 1.77 bits per heavy atom. The molecular weight excluding hydrogens is 386 g/mol. The average Bonchev–Trinajstić information content (AvgIpc) is 3.42. The van der Waals surface area contributed by atoms with E-state index in [0.29, 0.717) is 13.2 Å². The van der Waals surface area contributed by atoms with Crippen molar-refractivity contribution < 1.29 is 4.74 Å². The van der Waals surface area contributed by atoms with Gasteiger partial charge in [-0.25, -0.2) is 9.67 Å². The molecular formula is C25H23N5O. The maximum absolute atomic E-state index is 5.89. The lowest BCUT2D eigenvalue weighted by atomic mass is 10.1. The van der Waals surface area contributed by atoms with Crippen molar-refractivity contribution in [2.45, 2.75) is 27.0 Å². The number of imidazole rings is 1. The standard InChI is InChI=1S/C25H23N5O/c1-17-7-8-19(13-18(17)2)14-30-15-21(28-29-30)16-31-22-11-9-20(10-12-22)25-26-23-5-3-4-6-24(23)27-25/h3-13,15H,14,16H2,1-2H3,(H,26,27). The van der Waals surface area contributed by atoms with Crippen LogP contribution >= 0.6 is 0 Å². The van der Waals surface area contributed by atoms with Gasteiger partial charge in [0.1, 0.15) is 23.9 Å². The van der Waals surface area contributed by atoms with Crippen molar-refractivity contribution in [3.05, 3.63) is 95.3 Å². The van der Waals surface area contributed by atoms with Crippen molar-refractivity contribution >= 4 is 11.0 Å². The van der Waals surface area contributed by atoms with Crippen LogP contribution in [0.2, 0.25) is 0 Å². The van der Waals surface area contributed by atoms with Crippen molar-refractivity contribution in [2.24, 2.45) is 0 Å². The minimum Gasteiger partial charge on any atom is -0.487 e. The first-order valence-electron chi connectivity index (χ1n) is 10.3. The van der Waals surface area contributed by atoms with E-state index < -0.39 is 0 Å². The molecule has 0 aliphatic heterocycles. The lowest BCUT2D eigenvalue weighted by Crippen LogP contribution is -2.01. The Hall–Kier alpha value is -3.93. The van der Waals surface area contributed by atoms with Crippen molar-refractivity contribution in [2.75, 3.05) is 0 Å². The number of hydrogen-bond acceptors (Lipinski definition) is 4. The smallest absolute Gasteiger partial charge is 0.138 e. The van der Waals surface area contributed by atoms with Gasteiger partial charge in [0.15, 0.2) is 0 Å². The number of benzene rings is 3. The van der Waals surface area contributed by atoms with Gasteiger partial charge in [-0.1, -0.05) is 35.5 Å². The van der Waals surface area contributed by atoms with E-state index in [1.165, 1.54) is 16.7 Å². The second kappa shape index (κ2) is 8.07. The minimum absolute atomic E-state index is 0.372. The van der Waals surface area contributed by atoms with Gasteiger partial charge < -0.3 is 9.72 Å². The highest BCUT2D eigenvalue weighted by atomic mass is 16.5. The number of nitrogens with zero attached hydrogens (tertiary/aromatic N) is 4. The third-order valence-corrected chi connectivity index (χ3v) is 5.41. The van der Waals surface area contributed by atoms with Gasteiger partial charge in [0.05, 0.1) is 23.8 Å². The summed E-state index contributed by atoms with van der Waals surface area (Å²) < 4.78 is 7.73. The average molecular weight is 409 g/mol. The fourth-order valence-corrected chi connectivity index (χ4v) is 3.53. The molecule has 0 unspecified atom stereocenters. The maximum atomic E-state index is 5.89. The number of nitrogens with one attached hydrogen (secondary N) is 1. The van der Waals surface area contributed by atoms with E-state index in [9.17, 15) is 0 Å². The summed E-state index contributed by atoms with van der Waals surface area (Å²) in [5.74, 6) is 1.63. The molecule has 0 saturated heterocycles. The summed E-state index contributed by atoms with van der Waals surface area (Å²) >= 11 is 0. The van der Waals surface area contributed by atoms with Gasteiger partial charge in [-0.3, -0.25) is 0 Å². The Kier molecular flexibility index (Phi) is 4.96. The zero-order chi connectivity index (χ0) is 21.2. The zero-order valence-electron chi connectivity index (χ0n) is 17.5. The molecule has 2 heterocycles. The molecule has 31 heavy (non-hydrogen) atoms. The van der Waals surface area contributed by atoms with E-state index in [2.05, 4.69) is 52.3 Å². The molecule has 6 nitrogen and oxygen atoms in total. The molecule has 0 amide bonds. The summed E-state index contributed by atoms with van der Waals surface area (Å²) in [6.07, 6.45) is 1.93. The highest BCUT2D eigenvalue weighted by molar-refractivity contribution is 5.79. The molecule has 5 rings (SSSR count). The van der Waals surface area contributed by atoms with Crippen molar-refractivity contribution in [3.63, 3.8) is 0 Å². The third kappa shape index (κ3) is 4.19. The molecule has 0 spiro atoms. The lowest BCUT2D eigenvalue weighted by Gasteiger charge is -2.05. The van der Waals surface area contributed by atoms with Gasteiger partial charge in [-0.05, 0) is 66.9 Å². The molecule has 0 aliphatic carbocycles. The normalized spacial score (nSPS) is 11.2. The summed E-state index contributed by atoms with van der Waals surface area (Å²) in [4.78, 5) is 7.98. The van der Waals surface area contributed by atoms with Gasteiger partial charge in [0, 0.05) is 5.56 Å². The zero-order valence-corrected chi connectivity index (χ0v) is 17.5. The molecule has 0 saturated carbocycles. The molecule has 0 radical (unpaired) electrons. The second-order valence-electron chi connectivity index (χ2n) is 7.74. The molecule has 6 heteroatoms. The number of aromatic amines is 1. The first-order chi connectivity index (χ1) is 15.1. The van der Waals surface area contributed by atoms with Crippen LogP contribution in [0.25, 0.3) is 22.4 Å². The topological polar surface area (TPSA) is 68.6 Å². The second-order valence-corrected chi connectivity index (χ2v) is 7.74. The highest BCUT2D eigenvalue weighted by Gasteiger charge is 2.07. The first kappa shape index (κ1) is 19.1. The monoisotopic (exact) mass is 409 g/mol. The summed E-state index contributed by atoms with van der Waals surface area (Å²) in [7, 11) is 0. The number of ether oxygens (including phenoxy) is 1. The summed E-state index contributed by atoms with van der Waals surface area (Å²) in [5.41, 5.74) is 7.59. The third-order valence-electron chi connectivity index (χ3n) is 5.41. The Balaban J connectivity index is 1.21. The van der Waals surface area contributed by atoms with Crippen LogP contribution in [0.5, 0.6) is 5.75 Å². The van der Waals surface area contributed by atoms with Crippen LogP contribution in [-0.2, 0) is 13.2 Å². The molecule has 154 valence electrons. The number of rotatable bonds is 6.